The Balaban J connectivity index is 1.76. The number of rotatable bonds is 5. The van der Waals surface area contributed by atoms with Gasteiger partial charge in [0.25, 0.3) is 5.56 Å². The van der Waals surface area contributed by atoms with E-state index in [0.717, 1.165) is 28.1 Å². The topological polar surface area (TPSA) is 81.8 Å². The minimum atomic E-state index is -0.322. The van der Waals surface area contributed by atoms with E-state index in [1.54, 1.807) is 4.68 Å². The molecule has 4 rings (SSSR count). The van der Waals surface area contributed by atoms with Crippen molar-refractivity contribution in [3.63, 3.8) is 0 Å². The van der Waals surface area contributed by atoms with E-state index in [1.807, 2.05) is 82.3 Å². The fraction of sp³-hybridized carbons (Fsp3) is 0.200. The molecule has 0 aliphatic heterocycles. The zero-order valence-corrected chi connectivity index (χ0v) is 18.6. The number of nitrogens with zero attached hydrogens (tertiary/aromatic N) is 4. The third kappa shape index (κ3) is 4.51. The number of aromatic nitrogens is 4. The van der Waals surface area contributed by atoms with Crippen LogP contribution in [0.5, 0.6) is 0 Å². The number of amides is 1. The lowest BCUT2D eigenvalue weighted by molar-refractivity contribution is -0.116. The molecule has 0 unspecified atom stereocenters. The normalized spacial score (nSPS) is 10.9. The van der Waals surface area contributed by atoms with Gasteiger partial charge in [0.1, 0.15) is 6.54 Å². The van der Waals surface area contributed by atoms with Crippen molar-refractivity contribution in [2.24, 2.45) is 0 Å². The van der Waals surface area contributed by atoms with Crippen LogP contribution in [0, 0.1) is 27.7 Å². The highest BCUT2D eigenvalue weighted by atomic mass is 16.2. The second kappa shape index (κ2) is 8.63. The standard InChI is InChI=1S/C25H25N5O2/c1-16-10-17(2)12-21(11-16)26-23(31)15-29-24(32)14-22(20-8-6-5-7-9-20)27-25(29)30-19(4)13-18(3)28-30/h5-14H,15H2,1-4H3,(H,26,31). The number of hydrogen-bond acceptors (Lipinski definition) is 4. The second-order valence-corrected chi connectivity index (χ2v) is 8.00. The summed E-state index contributed by atoms with van der Waals surface area (Å²) < 4.78 is 2.96. The number of hydrogen-bond donors (Lipinski definition) is 1. The summed E-state index contributed by atoms with van der Waals surface area (Å²) in [5, 5.41) is 7.38. The van der Waals surface area contributed by atoms with Gasteiger partial charge in [-0.3, -0.25) is 14.2 Å². The van der Waals surface area contributed by atoms with Crippen LogP contribution in [0.15, 0.2) is 65.5 Å². The zero-order valence-electron chi connectivity index (χ0n) is 18.6. The zero-order chi connectivity index (χ0) is 22.8. The molecule has 1 amide bonds. The number of carbonyl (C=O) groups excluding carboxylic acids is 1. The summed E-state index contributed by atoms with van der Waals surface area (Å²) in [6, 6.07) is 18.7. The molecule has 7 nitrogen and oxygen atoms in total. The molecule has 0 saturated heterocycles. The SMILES string of the molecule is Cc1cc(C)cc(NC(=O)Cn2c(-n3nc(C)cc3C)nc(-c3ccccc3)cc2=O)c1. The maximum absolute atomic E-state index is 13.1. The van der Waals surface area contributed by atoms with Gasteiger partial charge in [0, 0.05) is 23.0 Å². The highest BCUT2D eigenvalue weighted by Crippen LogP contribution is 2.18. The van der Waals surface area contributed by atoms with Crippen molar-refractivity contribution in [3.05, 3.63) is 93.5 Å². The summed E-state index contributed by atoms with van der Waals surface area (Å²) >= 11 is 0. The van der Waals surface area contributed by atoms with E-state index in [4.69, 9.17) is 4.98 Å². The predicted molar refractivity (Wildman–Crippen MR) is 125 cm³/mol. The molecule has 162 valence electrons. The average molecular weight is 428 g/mol. The maximum atomic E-state index is 13.1. The third-order valence-electron chi connectivity index (χ3n) is 5.06. The first kappa shape index (κ1) is 21.2. The van der Waals surface area contributed by atoms with Crippen LogP contribution < -0.4 is 10.9 Å². The molecule has 0 bridgehead atoms. The molecular weight excluding hydrogens is 402 g/mol. The lowest BCUT2D eigenvalue weighted by Gasteiger charge is -2.15. The van der Waals surface area contributed by atoms with Crippen molar-refractivity contribution in [3.8, 4) is 17.2 Å². The summed E-state index contributed by atoms with van der Waals surface area (Å²) in [6.45, 7) is 7.53. The summed E-state index contributed by atoms with van der Waals surface area (Å²) in [5.74, 6) is -0.00771. The van der Waals surface area contributed by atoms with Gasteiger partial charge < -0.3 is 5.32 Å². The van der Waals surface area contributed by atoms with E-state index < -0.39 is 0 Å². The van der Waals surface area contributed by atoms with Crippen LogP contribution in [0.1, 0.15) is 22.5 Å². The van der Waals surface area contributed by atoms with Gasteiger partial charge in [0.15, 0.2) is 0 Å². The quantitative estimate of drug-likeness (QED) is 0.523. The summed E-state index contributed by atoms with van der Waals surface area (Å²) in [4.78, 5) is 30.7. The molecule has 7 heteroatoms. The summed E-state index contributed by atoms with van der Waals surface area (Å²) in [7, 11) is 0. The van der Waals surface area contributed by atoms with Gasteiger partial charge in [-0.15, -0.1) is 0 Å². The van der Waals surface area contributed by atoms with Gasteiger partial charge in [-0.05, 0) is 57.0 Å². The number of nitrogens with one attached hydrogen (secondary N) is 1. The van der Waals surface area contributed by atoms with Crippen molar-refractivity contribution < 1.29 is 4.79 Å². The Morgan fingerprint density at radius 3 is 2.25 bits per heavy atom. The highest BCUT2D eigenvalue weighted by Gasteiger charge is 2.17. The molecule has 2 heterocycles. The van der Waals surface area contributed by atoms with Gasteiger partial charge >= 0.3 is 0 Å². The van der Waals surface area contributed by atoms with Crippen LogP contribution in [-0.2, 0) is 11.3 Å². The molecule has 4 aromatic rings. The largest absolute Gasteiger partial charge is 0.325 e. The Bertz CT molecular complexity index is 1330. The van der Waals surface area contributed by atoms with E-state index in [9.17, 15) is 9.59 Å². The molecule has 32 heavy (non-hydrogen) atoms. The van der Waals surface area contributed by atoms with Crippen LogP contribution in [0.3, 0.4) is 0 Å². The molecule has 0 aliphatic rings. The molecule has 0 atom stereocenters. The number of carbonyl (C=O) groups is 1. The smallest absolute Gasteiger partial charge is 0.256 e. The van der Waals surface area contributed by atoms with Crippen LogP contribution >= 0.6 is 0 Å². The minimum absolute atomic E-state index is 0.179. The monoisotopic (exact) mass is 427 g/mol. The van der Waals surface area contributed by atoms with E-state index in [-0.39, 0.29) is 18.0 Å². The number of aryl methyl sites for hydroxylation is 4. The van der Waals surface area contributed by atoms with Crippen molar-refractivity contribution in [1.29, 1.82) is 0 Å². The molecule has 0 fully saturated rings. The van der Waals surface area contributed by atoms with Crippen LogP contribution in [0.25, 0.3) is 17.2 Å². The van der Waals surface area contributed by atoms with Gasteiger partial charge in [-0.2, -0.15) is 5.10 Å². The van der Waals surface area contributed by atoms with Gasteiger partial charge in [-0.25, -0.2) is 9.67 Å². The Labute approximate surface area is 186 Å². The Morgan fingerprint density at radius 1 is 0.938 bits per heavy atom. The van der Waals surface area contributed by atoms with Crippen LogP contribution in [0.2, 0.25) is 0 Å². The van der Waals surface area contributed by atoms with Crippen molar-refractivity contribution >= 4 is 11.6 Å². The Kier molecular flexibility index (Phi) is 5.73. The number of anilines is 1. The molecule has 0 saturated carbocycles. The van der Waals surface area contributed by atoms with Crippen molar-refractivity contribution in [2.75, 3.05) is 5.32 Å². The molecule has 0 spiro atoms. The van der Waals surface area contributed by atoms with Crippen LogP contribution in [0.4, 0.5) is 5.69 Å². The van der Waals surface area contributed by atoms with Gasteiger partial charge in [-0.1, -0.05) is 36.4 Å². The molecular formula is C25H25N5O2. The number of benzene rings is 2. The molecule has 0 aliphatic carbocycles. The summed E-state index contributed by atoms with van der Waals surface area (Å²) in [5.41, 5.74) is 5.45. The lowest BCUT2D eigenvalue weighted by Crippen LogP contribution is -2.31. The van der Waals surface area contributed by atoms with Gasteiger partial charge in [0.05, 0.1) is 11.4 Å². The molecule has 2 aromatic heterocycles. The predicted octanol–water partition coefficient (Wildman–Crippen LogP) is 3.97. The first-order valence-electron chi connectivity index (χ1n) is 10.4. The maximum Gasteiger partial charge on any atom is 0.256 e. The molecule has 0 radical (unpaired) electrons. The average Bonchev–Trinajstić information content (AvgIpc) is 3.07. The minimum Gasteiger partial charge on any atom is -0.325 e. The van der Waals surface area contributed by atoms with Crippen molar-refractivity contribution in [2.45, 2.75) is 34.2 Å². The molecule has 1 N–H and O–H groups in total. The van der Waals surface area contributed by atoms with E-state index >= 15 is 0 Å². The van der Waals surface area contributed by atoms with Crippen LogP contribution in [-0.4, -0.2) is 25.2 Å². The van der Waals surface area contributed by atoms with E-state index in [0.29, 0.717) is 17.3 Å². The van der Waals surface area contributed by atoms with E-state index in [2.05, 4.69) is 10.4 Å². The third-order valence-corrected chi connectivity index (χ3v) is 5.06. The molecule has 2 aromatic carbocycles. The fourth-order valence-corrected chi connectivity index (χ4v) is 3.78. The highest BCUT2D eigenvalue weighted by molar-refractivity contribution is 5.90. The Morgan fingerprint density at radius 2 is 1.62 bits per heavy atom. The van der Waals surface area contributed by atoms with E-state index in [1.165, 1.54) is 10.6 Å². The fourth-order valence-electron chi connectivity index (χ4n) is 3.78. The summed E-state index contributed by atoms with van der Waals surface area (Å²) in [6.07, 6.45) is 0. The first-order valence-corrected chi connectivity index (χ1v) is 10.4. The van der Waals surface area contributed by atoms with Crippen molar-refractivity contribution in [1.82, 2.24) is 19.3 Å². The van der Waals surface area contributed by atoms with Gasteiger partial charge in [0.2, 0.25) is 11.9 Å². The first-order chi connectivity index (χ1) is 15.3. The second-order valence-electron chi connectivity index (χ2n) is 8.00. The Hall–Kier alpha value is -4.00. The lowest BCUT2D eigenvalue weighted by atomic mass is 10.1.